The van der Waals surface area contributed by atoms with Gasteiger partial charge in [-0.1, -0.05) is 109 Å². The molecule has 0 aromatic rings. The maximum absolute atomic E-state index is 12.7. The van der Waals surface area contributed by atoms with Crippen molar-refractivity contribution in [2.75, 3.05) is 13.2 Å². The van der Waals surface area contributed by atoms with Gasteiger partial charge in [0.2, 0.25) is 0 Å². The molecule has 1 aliphatic carbocycles. The van der Waals surface area contributed by atoms with Crippen LogP contribution in [0.4, 0.5) is 0 Å². The highest BCUT2D eigenvalue weighted by Gasteiger charge is 2.51. The fourth-order valence-electron chi connectivity index (χ4n) is 5.69. The van der Waals surface area contributed by atoms with E-state index < -0.39 is 75.7 Å². The number of unbranched alkanes of at least 4 members (excludes halogenated alkanes) is 16. The summed E-state index contributed by atoms with van der Waals surface area (Å²) in [5, 5.41) is 49.8. The van der Waals surface area contributed by atoms with Gasteiger partial charge < -0.3 is 39.9 Å². The normalized spacial score (nSPS) is 24.2. The van der Waals surface area contributed by atoms with Gasteiger partial charge in [-0.3, -0.25) is 18.6 Å². The Bertz CT molecular complexity index is 948. The molecule has 14 heteroatoms. The average Bonchev–Trinajstić information content (AvgIpc) is 3.09. The molecule has 1 saturated carbocycles. The first kappa shape index (κ1) is 46.6. The molecule has 13 nitrogen and oxygen atoms in total. The molecule has 0 spiro atoms. The summed E-state index contributed by atoms with van der Waals surface area (Å²) in [7, 11) is -5.10. The zero-order valence-corrected chi connectivity index (χ0v) is 31.3. The standard InChI is InChI=1S/C36H67O13P/c1-3-5-7-9-11-12-13-14-15-16-17-19-21-23-25-30(38)48-28(26-46-29(37)24-22-20-18-10-8-6-4-2)27-47-50(44,45)49-36-34(42)32(40)31(39)33(41)35(36)43/h13-14,28,31-36,39-43H,3-12,15-27H2,1-2H3,(H,44,45)/b14-13+/t28-,31?,32-,33?,34?,35?,36?/m1/s1. The fraction of sp³-hybridized carbons (Fsp3) is 0.889. The fourth-order valence-corrected chi connectivity index (χ4v) is 6.66. The summed E-state index contributed by atoms with van der Waals surface area (Å²) in [5.74, 6) is -1.12. The molecule has 0 heterocycles. The minimum absolute atomic E-state index is 0.0895. The third-order valence-corrected chi connectivity index (χ3v) is 9.84. The predicted octanol–water partition coefficient (Wildman–Crippen LogP) is 5.55. The molecule has 0 radical (unpaired) electrons. The Balaban J connectivity index is 2.54. The van der Waals surface area contributed by atoms with Crippen molar-refractivity contribution >= 4 is 19.8 Å². The molecule has 0 aromatic carbocycles. The number of phosphoric ester groups is 1. The van der Waals surface area contributed by atoms with Crippen LogP contribution in [-0.4, -0.2) is 98.3 Å². The lowest BCUT2D eigenvalue weighted by Gasteiger charge is -2.41. The summed E-state index contributed by atoms with van der Waals surface area (Å²) < 4.78 is 33.2. The van der Waals surface area contributed by atoms with E-state index in [0.29, 0.717) is 12.8 Å². The highest BCUT2D eigenvalue weighted by Crippen LogP contribution is 2.47. The van der Waals surface area contributed by atoms with Crippen LogP contribution in [0.15, 0.2) is 12.2 Å². The summed E-state index contributed by atoms with van der Waals surface area (Å²) in [5.41, 5.74) is 0. The molecule has 0 aromatic heterocycles. The largest absolute Gasteiger partial charge is 0.472 e. The first-order valence-electron chi connectivity index (χ1n) is 19.0. The highest BCUT2D eigenvalue weighted by molar-refractivity contribution is 7.47. The number of carbonyl (C=O) groups is 2. The van der Waals surface area contributed by atoms with Gasteiger partial charge in [0.15, 0.2) is 6.10 Å². The minimum atomic E-state index is -5.10. The molecule has 294 valence electrons. The van der Waals surface area contributed by atoms with Gasteiger partial charge in [0, 0.05) is 12.8 Å². The van der Waals surface area contributed by atoms with Crippen LogP contribution >= 0.6 is 7.82 Å². The second-order valence-corrected chi connectivity index (χ2v) is 14.8. The van der Waals surface area contributed by atoms with Gasteiger partial charge in [0.05, 0.1) is 6.61 Å². The zero-order valence-electron chi connectivity index (χ0n) is 30.4. The number of ether oxygens (including phenoxy) is 2. The van der Waals surface area contributed by atoms with Crippen molar-refractivity contribution in [1.29, 1.82) is 0 Å². The second-order valence-electron chi connectivity index (χ2n) is 13.4. The Morgan fingerprint density at radius 1 is 0.600 bits per heavy atom. The number of esters is 2. The Morgan fingerprint density at radius 3 is 1.52 bits per heavy atom. The van der Waals surface area contributed by atoms with Gasteiger partial charge in [-0.05, 0) is 38.5 Å². The number of hydrogen-bond acceptors (Lipinski definition) is 12. The summed E-state index contributed by atoms with van der Waals surface area (Å²) in [6.45, 7) is 3.19. The predicted molar refractivity (Wildman–Crippen MR) is 189 cm³/mol. The molecule has 1 fully saturated rings. The Hall–Kier alpha value is -1.41. The second kappa shape index (κ2) is 28.1. The van der Waals surface area contributed by atoms with E-state index in [1.807, 2.05) is 0 Å². The first-order chi connectivity index (χ1) is 23.9. The molecule has 1 rings (SSSR count). The van der Waals surface area contributed by atoms with Crippen molar-refractivity contribution in [3.8, 4) is 0 Å². The number of aliphatic hydroxyl groups is 5. The van der Waals surface area contributed by atoms with Gasteiger partial charge in [0.1, 0.15) is 43.2 Å². The molecule has 6 unspecified atom stereocenters. The third kappa shape index (κ3) is 21.2. The van der Waals surface area contributed by atoms with Crippen LogP contribution in [-0.2, 0) is 32.7 Å². The number of phosphoric acid groups is 1. The van der Waals surface area contributed by atoms with Gasteiger partial charge in [-0.15, -0.1) is 0 Å². The number of hydrogen-bond donors (Lipinski definition) is 6. The summed E-state index contributed by atoms with van der Waals surface area (Å²) in [6, 6.07) is 0. The summed E-state index contributed by atoms with van der Waals surface area (Å²) in [4.78, 5) is 35.3. The molecule has 0 saturated heterocycles. The molecule has 6 N–H and O–H groups in total. The molecular weight excluding hydrogens is 671 g/mol. The molecular formula is C36H67O13P. The van der Waals surface area contributed by atoms with E-state index in [2.05, 4.69) is 26.0 Å². The number of carbonyl (C=O) groups excluding carboxylic acids is 2. The molecule has 50 heavy (non-hydrogen) atoms. The number of aliphatic hydroxyl groups excluding tert-OH is 5. The van der Waals surface area contributed by atoms with E-state index in [4.69, 9.17) is 18.5 Å². The van der Waals surface area contributed by atoms with Crippen LogP contribution in [0.25, 0.3) is 0 Å². The SMILES string of the molecule is CCCCCCC/C=C/CCCCCCCC(=O)O[C@H](COC(=O)CCCCCCCCC)COP(=O)(O)OC1C(O)C(O)C(O)[C@@H](O)C1O. The van der Waals surface area contributed by atoms with E-state index in [0.717, 1.165) is 70.6 Å². The van der Waals surface area contributed by atoms with Gasteiger partial charge in [-0.25, -0.2) is 4.57 Å². The summed E-state index contributed by atoms with van der Waals surface area (Å²) in [6.07, 6.45) is 11.7. The smallest absolute Gasteiger partial charge is 0.462 e. The van der Waals surface area contributed by atoms with Crippen molar-refractivity contribution in [2.45, 2.75) is 191 Å². The van der Waals surface area contributed by atoms with Crippen LogP contribution in [0, 0.1) is 0 Å². The number of rotatable bonds is 30. The van der Waals surface area contributed by atoms with Crippen LogP contribution in [0.2, 0.25) is 0 Å². The molecule has 0 amide bonds. The summed E-state index contributed by atoms with van der Waals surface area (Å²) >= 11 is 0. The van der Waals surface area contributed by atoms with Crippen molar-refractivity contribution < 1.29 is 63.1 Å². The van der Waals surface area contributed by atoms with Gasteiger partial charge in [-0.2, -0.15) is 0 Å². The van der Waals surface area contributed by atoms with E-state index in [1.165, 1.54) is 38.5 Å². The zero-order chi connectivity index (χ0) is 37.2. The molecule has 1 aliphatic rings. The van der Waals surface area contributed by atoms with Crippen molar-refractivity contribution in [2.24, 2.45) is 0 Å². The van der Waals surface area contributed by atoms with Crippen molar-refractivity contribution in [1.82, 2.24) is 0 Å². The maximum Gasteiger partial charge on any atom is 0.472 e. The van der Waals surface area contributed by atoms with Gasteiger partial charge >= 0.3 is 19.8 Å². The average molecular weight is 739 g/mol. The Labute approximate surface area is 299 Å². The van der Waals surface area contributed by atoms with Gasteiger partial charge in [0.25, 0.3) is 0 Å². The van der Waals surface area contributed by atoms with E-state index in [1.54, 1.807) is 0 Å². The lowest BCUT2D eigenvalue weighted by Crippen LogP contribution is -2.64. The van der Waals surface area contributed by atoms with Crippen molar-refractivity contribution in [3.63, 3.8) is 0 Å². The van der Waals surface area contributed by atoms with E-state index in [9.17, 15) is 44.6 Å². The number of allylic oxidation sites excluding steroid dienone is 2. The first-order valence-corrected chi connectivity index (χ1v) is 20.5. The molecule has 0 aliphatic heterocycles. The van der Waals surface area contributed by atoms with Crippen molar-refractivity contribution in [3.05, 3.63) is 12.2 Å². The Kier molecular flexibility index (Phi) is 26.2. The van der Waals surface area contributed by atoms with Crippen LogP contribution in [0.3, 0.4) is 0 Å². The monoisotopic (exact) mass is 738 g/mol. The topological polar surface area (TPSA) is 210 Å². The van der Waals surface area contributed by atoms with Crippen LogP contribution < -0.4 is 0 Å². The molecule has 0 bridgehead atoms. The van der Waals surface area contributed by atoms with Crippen LogP contribution in [0.1, 0.15) is 149 Å². The minimum Gasteiger partial charge on any atom is -0.462 e. The quantitative estimate of drug-likeness (QED) is 0.0231. The lowest BCUT2D eigenvalue weighted by atomic mass is 9.85. The molecule has 8 atom stereocenters. The third-order valence-electron chi connectivity index (χ3n) is 8.86. The maximum atomic E-state index is 12.7. The van der Waals surface area contributed by atoms with Crippen LogP contribution in [0.5, 0.6) is 0 Å². The highest BCUT2D eigenvalue weighted by atomic mass is 31.2. The van der Waals surface area contributed by atoms with E-state index in [-0.39, 0.29) is 12.8 Å². The lowest BCUT2D eigenvalue weighted by molar-refractivity contribution is -0.220. The van der Waals surface area contributed by atoms with E-state index >= 15 is 0 Å². The Morgan fingerprint density at radius 2 is 1.02 bits per heavy atom.